The third-order valence-corrected chi connectivity index (χ3v) is 4.00. The second-order valence-corrected chi connectivity index (χ2v) is 6.01. The Kier molecular flexibility index (Phi) is 6.36. The van der Waals surface area contributed by atoms with E-state index in [0.29, 0.717) is 27.7 Å². The van der Waals surface area contributed by atoms with Crippen molar-refractivity contribution in [1.29, 1.82) is 0 Å². The summed E-state index contributed by atoms with van der Waals surface area (Å²) < 4.78 is 5.06. The Bertz CT molecular complexity index is 834. The summed E-state index contributed by atoms with van der Waals surface area (Å²) >= 11 is 6.04. The van der Waals surface area contributed by atoms with E-state index in [1.54, 1.807) is 42.5 Å². The standard InChI is InChI=1S/C19H19ClN2O4/c1-12(23)14-4-7-16(8-5-14)22(13(2)24)11-19(25)21-15-6-9-18(26-3)17(20)10-15/h4-10H,11H2,1-3H3,(H,21,25). The first kappa shape index (κ1) is 19.5. The predicted octanol–water partition coefficient (Wildman–Crippen LogP) is 3.54. The highest BCUT2D eigenvalue weighted by Crippen LogP contribution is 2.27. The second-order valence-electron chi connectivity index (χ2n) is 5.61. The molecule has 2 aromatic carbocycles. The van der Waals surface area contributed by atoms with Crippen molar-refractivity contribution >= 4 is 40.6 Å². The third kappa shape index (κ3) is 4.83. The van der Waals surface area contributed by atoms with Crippen LogP contribution < -0.4 is 15.0 Å². The van der Waals surface area contributed by atoms with Gasteiger partial charge in [0.1, 0.15) is 12.3 Å². The van der Waals surface area contributed by atoms with Crippen LogP contribution in [0.4, 0.5) is 11.4 Å². The lowest BCUT2D eigenvalue weighted by Gasteiger charge is -2.21. The summed E-state index contributed by atoms with van der Waals surface area (Å²) in [6, 6.07) is 11.4. The van der Waals surface area contributed by atoms with E-state index in [-0.39, 0.29) is 24.1 Å². The van der Waals surface area contributed by atoms with E-state index in [1.165, 1.54) is 25.9 Å². The topological polar surface area (TPSA) is 75.7 Å². The fourth-order valence-electron chi connectivity index (χ4n) is 2.35. The fourth-order valence-corrected chi connectivity index (χ4v) is 2.61. The lowest BCUT2D eigenvalue weighted by atomic mass is 10.1. The quantitative estimate of drug-likeness (QED) is 0.784. The number of nitrogens with zero attached hydrogens (tertiary/aromatic N) is 1. The first-order valence-electron chi connectivity index (χ1n) is 7.84. The Morgan fingerprint density at radius 3 is 2.23 bits per heavy atom. The molecule has 0 radical (unpaired) electrons. The zero-order valence-corrected chi connectivity index (χ0v) is 15.5. The van der Waals surface area contributed by atoms with Crippen LogP contribution in [-0.4, -0.2) is 31.3 Å². The van der Waals surface area contributed by atoms with Gasteiger partial charge in [-0.3, -0.25) is 14.4 Å². The number of ketones is 1. The summed E-state index contributed by atoms with van der Waals surface area (Å²) in [5.74, 6) is -0.235. The number of rotatable bonds is 6. The van der Waals surface area contributed by atoms with E-state index in [2.05, 4.69) is 5.32 Å². The van der Waals surface area contributed by atoms with Crippen LogP contribution >= 0.6 is 11.6 Å². The van der Waals surface area contributed by atoms with Crippen LogP contribution in [0.5, 0.6) is 5.75 Å². The number of Topliss-reactive ketones (excluding diaryl/α,β-unsaturated/α-hetero) is 1. The molecule has 136 valence electrons. The largest absolute Gasteiger partial charge is 0.495 e. The van der Waals surface area contributed by atoms with Crippen molar-refractivity contribution in [3.63, 3.8) is 0 Å². The first-order chi connectivity index (χ1) is 12.3. The number of hydrogen-bond acceptors (Lipinski definition) is 4. The van der Waals surface area contributed by atoms with E-state index in [4.69, 9.17) is 16.3 Å². The maximum Gasteiger partial charge on any atom is 0.244 e. The van der Waals surface area contributed by atoms with E-state index < -0.39 is 0 Å². The Morgan fingerprint density at radius 1 is 1.08 bits per heavy atom. The van der Waals surface area contributed by atoms with Crippen molar-refractivity contribution in [2.24, 2.45) is 0 Å². The van der Waals surface area contributed by atoms with Gasteiger partial charge < -0.3 is 15.0 Å². The minimum Gasteiger partial charge on any atom is -0.495 e. The van der Waals surface area contributed by atoms with Crippen LogP contribution in [0.25, 0.3) is 0 Å². The van der Waals surface area contributed by atoms with Crippen LogP contribution in [0.3, 0.4) is 0 Å². The van der Waals surface area contributed by atoms with E-state index in [9.17, 15) is 14.4 Å². The van der Waals surface area contributed by atoms with E-state index >= 15 is 0 Å². The number of carbonyl (C=O) groups excluding carboxylic acids is 3. The molecule has 1 N–H and O–H groups in total. The van der Waals surface area contributed by atoms with Crippen LogP contribution in [0.15, 0.2) is 42.5 Å². The molecule has 0 atom stereocenters. The normalized spacial score (nSPS) is 10.2. The molecule has 0 aliphatic rings. The van der Waals surface area contributed by atoms with Crippen LogP contribution in [0, 0.1) is 0 Å². The van der Waals surface area contributed by atoms with Crippen molar-refractivity contribution in [2.75, 3.05) is 23.9 Å². The molecule has 0 aliphatic carbocycles. The van der Waals surface area contributed by atoms with Crippen LogP contribution in [0.1, 0.15) is 24.2 Å². The van der Waals surface area contributed by atoms with Gasteiger partial charge in [-0.15, -0.1) is 0 Å². The van der Waals surface area contributed by atoms with Gasteiger partial charge in [0.05, 0.1) is 12.1 Å². The highest BCUT2D eigenvalue weighted by atomic mass is 35.5. The number of nitrogens with one attached hydrogen (secondary N) is 1. The highest BCUT2D eigenvalue weighted by molar-refractivity contribution is 6.32. The van der Waals surface area contributed by atoms with Gasteiger partial charge >= 0.3 is 0 Å². The minimum atomic E-state index is -0.378. The molecule has 26 heavy (non-hydrogen) atoms. The van der Waals surface area contributed by atoms with E-state index in [0.717, 1.165) is 0 Å². The second kappa shape index (κ2) is 8.49. The molecule has 0 saturated heterocycles. The van der Waals surface area contributed by atoms with Crippen LogP contribution in [-0.2, 0) is 9.59 Å². The molecule has 0 fully saturated rings. The molecule has 0 saturated carbocycles. The summed E-state index contributed by atoms with van der Waals surface area (Å²) in [5.41, 5.74) is 1.57. The zero-order valence-electron chi connectivity index (χ0n) is 14.7. The molecule has 2 rings (SSSR count). The molecule has 2 aromatic rings. The van der Waals surface area contributed by atoms with Crippen molar-refractivity contribution in [3.8, 4) is 5.75 Å². The smallest absolute Gasteiger partial charge is 0.244 e. The maximum atomic E-state index is 12.3. The zero-order chi connectivity index (χ0) is 19.3. The van der Waals surface area contributed by atoms with Crippen molar-refractivity contribution < 1.29 is 19.1 Å². The highest BCUT2D eigenvalue weighted by Gasteiger charge is 2.16. The minimum absolute atomic E-state index is 0.0694. The monoisotopic (exact) mass is 374 g/mol. The van der Waals surface area contributed by atoms with Gasteiger partial charge in [-0.05, 0) is 49.4 Å². The van der Waals surface area contributed by atoms with Gasteiger partial charge in [-0.2, -0.15) is 0 Å². The number of ether oxygens (including phenoxy) is 1. The number of carbonyl (C=O) groups is 3. The number of hydrogen-bond donors (Lipinski definition) is 1. The SMILES string of the molecule is COc1ccc(NC(=O)CN(C(C)=O)c2ccc(C(C)=O)cc2)cc1Cl. The Balaban J connectivity index is 2.11. The third-order valence-electron chi connectivity index (χ3n) is 3.70. The molecule has 0 bridgehead atoms. The summed E-state index contributed by atoms with van der Waals surface area (Å²) in [5, 5.41) is 3.06. The van der Waals surface area contributed by atoms with Gasteiger partial charge in [0, 0.05) is 23.9 Å². The number of methoxy groups -OCH3 is 1. The molecule has 0 aromatic heterocycles. The Morgan fingerprint density at radius 2 is 1.73 bits per heavy atom. The molecule has 7 heteroatoms. The summed E-state index contributed by atoms with van der Waals surface area (Å²) in [6.07, 6.45) is 0. The Hall–Kier alpha value is -2.86. The lowest BCUT2D eigenvalue weighted by molar-refractivity contribution is -0.120. The maximum absolute atomic E-state index is 12.3. The van der Waals surface area contributed by atoms with Gasteiger partial charge in [0.2, 0.25) is 11.8 Å². The van der Waals surface area contributed by atoms with Crippen molar-refractivity contribution in [3.05, 3.63) is 53.1 Å². The molecule has 6 nitrogen and oxygen atoms in total. The number of halogens is 1. The number of benzene rings is 2. The van der Waals surface area contributed by atoms with Gasteiger partial charge in [-0.25, -0.2) is 0 Å². The summed E-state index contributed by atoms with van der Waals surface area (Å²) in [7, 11) is 1.50. The molecule has 0 heterocycles. The molecular weight excluding hydrogens is 356 g/mol. The molecule has 0 aliphatic heterocycles. The molecule has 0 unspecified atom stereocenters. The summed E-state index contributed by atoms with van der Waals surface area (Å²) in [4.78, 5) is 36.9. The predicted molar refractivity (Wildman–Crippen MR) is 101 cm³/mol. The molecule has 2 amide bonds. The fraction of sp³-hybridized carbons (Fsp3) is 0.211. The van der Waals surface area contributed by atoms with Crippen molar-refractivity contribution in [2.45, 2.75) is 13.8 Å². The first-order valence-corrected chi connectivity index (χ1v) is 8.22. The molecule has 0 spiro atoms. The van der Waals surface area contributed by atoms with Gasteiger partial charge in [-0.1, -0.05) is 11.6 Å². The number of anilines is 2. The van der Waals surface area contributed by atoms with Gasteiger partial charge in [0.25, 0.3) is 0 Å². The number of amides is 2. The average molecular weight is 375 g/mol. The summed E-state index contributed by atoms with van der Waals surface area (Å²) in [6.45, 7) is 2.67. The molecular formula is C19H19ClN2O4. The lowest BCUT2D eigenvalue weighted by Crippen LogP contribution is -2.36. The van der Waals surface area contributed by atoms with Gasteiger partial charge in [0.15, 0.2) is 5.78 Å². The van der Waals surface area contributed by atoms with Crippen LogP contribution in [0.2, 0.25) is 5.02 Å². The Labute approximate surface area is 156 Å². The van der Waals surface area contributed by atoms with Crippen molar-refractivity contribution in [1.82, 2.24) is 0 Å². The average Bonchev–Trinajstić information content (AvgIpc) is 2.59. The van der Waals surface area contributed by atoms with E-state index in [1.807, 2.05) is 0 Å².